The lowest BCUT2D eigenvalue weighted by molar-refractivity contribution is 0.138. The number of allylic oxidation sites excluding steroid dienone is 10. The predicted molar refractivity (Wildman–Crippen MR) is 138 cm³/mol. The molecule has 176 valence electrons. The summed E-state index contributed by atoms with van der Waals surface area (Å²) in [7, 11) is 0. The SMILES string of the molecule is C\C=C/C=C(CC)/C(N)=C/C(C)=C1/C=C(c2ccc(F)cc2)C=C(OCC2CCCCC2)C1. The molecule has 0 radical (unpaired) electrons. The highest BCUT2D eigenvalue weighted by atomic mass is 19.1. The number of hydrogen-bond acceptors (Lipinski definition) is 2. The number of benzene rings is 1. The van der Waals surface area contributed by atoms with Crippen LogP contribution in [-0.2, 0) is 4.74 Å². The molecule has 1 saturated carbocycles. The molecule has 0 saturated heterocycles. The largest absolute Gasteiger partial charge is 0.497 e. The van der Waals surface area contributed by atoms with Crippen LogP contribution in [0.15, 0.2) is 88.9 Å². The van der Waals surface area contributed by atoms with Crippen molar-refractivity contribution in [2.45, 2.75) is 65.7 Å². The van der Waals surface area contributed by atoms with E-state index >= 15 is 0 Å². The van der Waals surface area contributed by atoms with Gasteiger partial charge >= 0.3 is 0 Å². The standard InChI is InChI=1S/C30H38FNO/c1-4-6-12-24(5-2)30(32)17-22(3)26-18-27(25-13-15-28(31)16-14-25)20-29(19-26)33-21-23-10-8-7-9-11-23/h4,6,12-18,20,23H,5,7-11,19,21,32H2,1-3H3/b6-4-,24-12+,26-22-,30-17-. The smallest absolute Gasteiger partial charge is 0.123 e. The summed E-state index contributed by atoms with van der Waals surface area (Å²) in [4.78, 5) is 0. The van der Waals surface area contributed by atoms with Crippen LogP contribution in [-0.4, -0.2) is 6.61 Å². The lowest BCUT2D eigenvalue weighted by atomic mass is 9.89. The maximum absolute atomic E-state index is 13.5. The highest BCUT2D eigenvalue weighted by Gasteiger charge is 2.18. The van der Waals surface area contributed by atoms with E-state index in [1.807, 2.05) is 31.2 Å². The summed E-state index contributed by atoms with van der Waals surface area (Å²) in [6.45, 7) is 7.00. The molecule has 3 rings (SSSR count). The molecule has 2 N–H and O–H groups in total. The zero-order chi connectivity index (χ0) is 23.6. The Bertz CT molecular complexity index is 983. The van der Waals surface area contributed by atoms with E-state index in [1.54, 1.807) is 0 Å². The van der Waals surface area contributed by atoms with Gasteiger partial charge in [0.2, 0.25) is 0 Å². The molecule has 1 fully saturated rings. The molecular weight excluding hydrogens is 409 g/mol. The number of nitrogens with two attached hydrogens (primary N) is 1. The average molecular weight is 448 g/mol. The summed E-state index contributed by atoms with van der Waals surface area (Å²) in [5, 5.41) is 0. The zero-order valence-electron chi connectivity index (χ0n) is 20.4. The summed E-state index contributed by atoms with van der Waals surface area (Å²) in [5.74, 6) is 1.40. The van der Waals surface area contributed by atoms with E-state index < -0.39 is 0 Å². The van der Waals surface area contributed by atoms with Crippen LogP contribution in [0.5, 0.6) is 0 Å². The maximum Gasteiger partial charge on any atom is 0.123 e. The Morgan fingerprint density at radius 2 is 1.85 bits per heavy atom. The first kappa shape index (κ1) is 24.8. The molecule has 0 aliphatic heterocycles. The predicted octanol–water partition coefficient (Wildman–Crippen LogP) is 8.17. The van der Waals surface area contributed by atoms with Gasteiger partial charge in [-0.25, -0.2) is 4.39 Å². The number of rotatable bonds is 8. The van der Waals surface area contributed by atoms with E-state index in [0.717, 1.165) is 53.2 Å². The Kier molecular flexibility index (Phi) is 9.35. The third-order valence-corrected chi connectivity index (χ3v) is 6.54. The quantitative estimate of drug-likeness (QED) is 0.408. The third kappa shape index (κ3) is 7.35. The fourth-order valence-electron chi connectivity index (χ4n) is 4.48. The summed E-state index contributed by atoms with van der Waals surface area (Å²) in [6.07, 6.45) is 20.6. The summed E-state index contributed by atoms with van der Waals surface area (Å²) < 4.78 is 19.8. The zero-order valence-corrected chi connectivity index (χ0v) is 20.4. The normalized spacial score (nSPS) is 20.0. The van der Waals surface area contributed by atoms with Crippen molar-refractivity contribution in [3.8, 4) is 0 Å². The molecular formula is C30H38FNO. The van der Waals surface area contributed by atoms with Crippen molar-refractivity contribution in [3.63, 3.8) is 0 Å². The Balaban J connectivity index is 1.89. The lowest BCUT2D eigenvalue weighted by Gasteiger charge is -2.24. The van der Waals surface area contributed by atoms with Crippen molar-refractivity contribution in [2.24, 2.45) is 11.7 Å². The highest BCUT2D eigenvalue weighted by Crippen LogP contribution is 2.33. The van der Waals surface area contributed by atoms with E-state index in [0.29, 0.717) is 5.92 Å². The van der Waals surface area contributed by atoms with Crippen molar-refractivity contribution in [3.05, 3.63) is 100 Å². The molecule has 0 spiro atoms. The molecule has 2 aliphatic rings. The van der Waals surface area contributed by atoms with Gasteiger partial charge < -0.3 is 10.5 Å². The van der Waals surface area contributed by atoms with Crippen LogP contribution in [0.3, 0.4) is 0 Å². The Labute approximate surface area is 199 Å². The molecule has 0 heterocycles. The van der Waals surface area contributed by atoms with Crippen LogP contribution in [0.1, 0.15) is 71.3 Å². The van der Waals surface area contributed by atoms with Gasteiger partial charge in [-0.05, 0) is 91.2 Å². The van der Waals surface area contributed by atoms with E-state index in [2.05, 4.69) is 38.2 Å². The maximum atomic E-state index is 13.5. The van der Waals surface area contributed by atoms with Gasteiger partial charge in [-0.15, -0.1) is 0 Å². The number of ether oxygens (including phenoxy) is 1. The summed E-state index contributed by atoms with van der Waals surface area (Å²) >= 11 is 0. The molecule has 2 nitrogen and oxygen atoms in total. The minimum atomic E-state index is -0.226. The van der Waals surface area contributed by atoms with E-state index in [9.17, 15) is 4.39 Å². The minimum absolute atomic E-state index is 0.226. The van der Waals surface area contributed by atoms with Crippen molar-refractivity contribution in [2.75, 3.05) is 6.61 Å². The number of hydrogen-bond donors (Lipinski definition) is 1. The molecule has 0 aromatic heterocycles. The van der Waals surface area contributed by atoms with E-state index in [4.69, 9.17) is 10.5 Å². The Hall–Kier alpha value is -2.81. The first-order valence-corrected chi connectivity index (χ1v) is 12.3. The first-order valence-electron chi connectivity index (χ1n) is 12.3. The Morgan fingerprint density at radius 3 is 2.52 bits per heavy atom. The Morgan fingerprint density at radius 1 is 1.12 bits per heavy atom. The van der Waals surface area contributed by atoms with Crippen LogP contribution < -0.4 is 5.73 Å². The van der Waals surface area contributed by atoms with E-state index in [1.165, 1.54) is 49.8 Å². The number of halogens is 1. The van der Waals surface area contributed by atoms with E-state index in [-0.39, 0.29) is 5.82 Å². The van der Waals surface area contributed by atoms with Gasteiger partial charge in [0.15, 0.2) is 0 Å². The monoisotopic (exact) mass is 447 g/mol. The average Bonchev–Trinajstić information content (AvgIpc) is 2.84. The van der Waals surface area contributed by atoms with Crippen LogP contribution in [0.25, 0.3) is 5.57 Å². The van der Waals surface area contributed by atoms with Crippen molar-refractivity contribution >= 4 is 5.57 Å². The van der Waals surface area contributed by atoms with Gasteiger partial charge in [0, 0.05) is 12.1 Å². The first-order chi connectivity index (χ1) is 16.0. The second kappa shape index (κ2) is 12.4. The second-order valence-electron chi connectivity index (χ2n) is 9.09. The topological polar surface area (TPSA) is 35.2 Å². The molecule has 0 bridgehead atoms. The van der Waals surface area contributed by atoms with Crippen LogP contribution >= 0.6 is 0 Å². The third-order valence-electron chi connectivity index (χ3n) is 6.54. The lowest BCUT2D eigenvalue weighted by Crippen LogP contribution is -2.14. The molecule has 0 unspecified atom stereocenters. The van der Waals surface area contributed by atoms with Crippen LogP contribution in [0, 0.1) is 11.7 Å². The molecule has 2 aliphatic carbocycles. The second-order valence-corrected chi connectivity index (χ2v) is 9.09. The fourth-order valence-corrected chi connectivity index (χ4v) is 4.48. The summed E-state index contributed by atoms with van der Waals surface area (Å²) in [5.41, 5.74) is 12.7. The summed E-state index contributed by atoms with van der Waals surface area (Å²) in [6, 6.07) is 6.67. The van der Waals surface area contributed by atoms with Crippen molar-refractivity contribution < 1.29 is 9.13 Å². The van der Waals surface area contributed by atoms with Gasteiger partial charge in [0.25, 0.3) is 0 Å². The highest BCUT2D eigenvalue weighted by molar-refractivity contribution is 5.78. The van der Waals surface area contributed by atoms with Crippen LogP contribution in [0.4, 0.5) is 4.39 Å². The van der Waals surface area contributed by atoms with Crippen LogP contribution in [0.2, 0.25) is 0 Å². The molecule has 3 heteroatoms. The minimum Gasteiger partial charge on any atom is -0.497 e. The van der Waals surface area contributed by atoms with Gasteiger partial charge in [-0.2, -0.15) is 0 Å². The van der Waals surface area contributed by atoms with Gasteiger partial charge in [-0.1, -0.05) is 62.6 Å². The van der Waals surface area contributed by atoms with Gasteiger partial charge in [0.1, 0.15) is 11.6 Å². The van der Waals surface area contributed by atoms with Crippen molar-refractivity contribution in [1.82, 2.24) is 0 Å². The fraction of sp³-hybridized carbons (Fsp3) is 0.400. The van der Waals surface area contributed by atoms with Gasteiger partial charge in [-0.3, -0.25) is 0 Å². The molecule has 0 atom stereocenters. The van der Waals surface area contributed by atoms with Crippen molar-refractivity contribution in [1.29, 1.82) is 0 Å². The molecule has 1 aromatic carbocycles. The molecule has 33 heavy (non-hydrogen) atoms. The molecule has 0 amide bonds. The molecule has 1 aromatic rings. The van der Waals surface area contributed by atoms with Gasteiger partial charge in [0.05, 0.1) is 6.61 Å².